The number of benzene rings is 1. The molecule has 3 rings (SSSR count). The molecule has 0 saturated heterocycles. The predicted octanol–water partition coefficient (Wildman–Crippen LogP) is 2.81. The van der Waals surface area contributed by atoms with E-state index in [9.17, 15) is 8.42 Å². The molecule has 0 N–H and O–H groups in total. The number of sulfonamides is 1. The van der Waals surface area contributed by atoms with Crippen LogP contribution in [0.15, 0.2) is 40.0 Å². The number of anilines is 1. The van der Waals surface area contributed by atoms with Gasteiger partial charge in [0.2, 0.25) is 0 Å². The fourth-order valence-electron chi connectivity index (χ4n) is 2.58. The van der Waals surface area contributed by atoms with E-state index >= 15 is 0 Å². The maximum atomic E-state index is 12.9. The molecule has 2 aromatic rings. The molecule has 0 radical (unpaired) electrons. The van der Waals surface area contributed by atoms with Crippen molar-refractivity contribution in [3.63, 3.8) is 0 Å². The van der Waals surface area contributed by atoms with Crippen molar-refractivity contribution >= 4 is 31.6 Å². The molecule has 0 unspecified atom stereocenters. The molecule has 112 valence electrons. The fraction of sp³-hybridized carbons (Fsp3) is 0.357. The van der Waals surface area contributed by atoms with Gasteiger partial charge in [0.1, 0.15) is 4.90 Å². The monoisotopic (exact) mass is 369 g/mol. The summed E-state index contributed by atoms with van der Waals surface area (Å²) in [6.07, 6.45) is 4.73. The largest absolute Gasteiger partial charge is 0.272 e. The summed E-state index contributed by atoms with van der Waals surface area (Å²) < 4.78 is 29.7. The topological polar surface area (TPSA) is 55.2 Å². The molecule has 1 aliphatic rings. The van der Waals surface area contributed by atoms with Gasteiger partial charge in [-0.15, -0.1) is 0 Å². The quantitative estimate of drug-likeness (QED) is 0.835. The summed E-state index contributed by atoms with van der Waals surface area (Å²) >= 11 is 3.48. The molecule has 0 aliphatic carbocycles. The number of fused-ring (bicyclic) bond motifs is 1. The fourth-order valence-corrected chi connectivity index (χ4v) is 4.84. The van der Waals surface area contributed by atoms with Gasteiger partial charge in [0.05, 0.1) is 11.9 Å². The highest BCUT2D eigenvalue weighted by molar-refractivity contribution is 9.10. The van der Waals surface area contributed by atoms with Gasteiger partial charge in [0, 0.05) is 23.8 Å². The van der Waals surface area contributed by atoms with Gasteiger partial charge in [-0.25, -0.2) is 8.42 Å². The smallest absolute Gasteiger partial charge is 0.267 e. The highest BCUT2D eigenvalue weighted by Crippen LogP contribution is 2.37. The van der Waals surface area contributed by atoms with E-state index in [1.165, 1.54) is 10.5 Å². The van der Waals surface area contributed by atoms with Crippen LogP contribution >= 0.6 is 15.9 Å². The number of para-hydroxylation sites is 1. The van der Waals surface area contributed by atoms with Crippen LogP contribution in [0.5, 0.6) is 0 Å². The van der Waals surface area contributed by atoms with Crippen LogP contribution < -0.4 is 4.31 Å². The standard InChI is InChI=1S/C14H16BrN3O2S/c1-2-17-10-12(9-16-17)21(19,20)18-8-4-6-11-5-3-7-13(15)14(11)18/h3,5,7,9-10H,2,4,6,8H2,1H3. The van der Waals surface area contributed by atoms with E-state index in [2.05, 4.69) is 21.0 Å². The molecule has 2 heterocycles. The number of hydrogen-bond acceptors (Lipinski definition) is 3. The first kappa shape index (κ1) is 14.6. The van der Waals surface area contributed by atoms with Crippen LogP contribution in [0, 0.1) is 0 Å². The van der Waals surface area contributed by atoms with Crippen molar-refractivity contribution in [3.8, 4) is 0 Å². The Morgan fingerprint density at radius 2 is 2.19 bits per heavy atom. The minimum atomic E-state index is -3.57. The number of aromatic nitrogens is 2. The third kappa shape index (κ3) is 2.48. The van der Waals surface area contributed by atoms with E-state index in [1.807, 2.05) is 25.1 Å². The summed E-state index contributed by atoms with van der Waals surface area (Å²) in [5.74, 6) is 0. The second-order valence-corrected chi connectivity index (χ2v) is 7.68. The second-order valence-electron chi connectivity index (χ2n) is 4.96. The number of nitrogens with zero attached hydrogens (tertiary/aromatic N) is 3. The summed E-state index contributed by atoms with van der Waals surface area (Å²) in [6.45, 7) is 3.07. The molecule has 5 nitrogen and oxygen atoms in total. The first-order valence-corrected chi connectivity index (χ1v) is 9.10. The lowest BCUT2D eigenvalue weighted by Crippen LogP contribution is -2.35. The van der Waals surface area contributed by atoms with Crippen molar-refractivity contribution in [1.82, 2.24) is 9.78 Å². The van der Waals surface area contributed by atoms with E-state index in [-0.39, 0.29) is 4.90 Å². The maximum absolute atomic E-state index is 12.9. The van der Waals surface area contributed by atoms with Gasteiger partial charge in [0.25, 0.3) is 10.0 Å². The summed E-state index contributed by atoms with van der Waals surface area (Å²) in [5, 5.41) is 4.07. The highest BCUT2D eigenvalue weighted by atomic mass is 79.9. The Morgan fingerprint density at radius 1 is 1.38 bits per heavy atom. The number of halogens is 1. The molecule has 0 saturated carbocycles. The summed E-state index contributed by atoms with van der Waals surface area (Å²) in [6, 6.07) is 5.80. The van der Waals surface area contributed by atoms with Crippen molar-refractivity contribution < 1.29 is 8.42 Å². The first-order chi connectivity index (χ1) is 10.0. The van der Waals surface area contributed by atoms with Crippen molar-refractivity contribution in [1.29, 1.82) is 0 Å². The van der Waals surface area contributed by atoms with Gasteiger partial charge in [0.15, 0.2) is 0 Å². The van der Waals surface area contributed by atoms with Crippen LogP contribution in [0.1, 0.15) is 18.9 Å². The normalized spacial score (nSPS) is 15.0. The second kappa shape index (κ2) is 5.46. The molecule has 1 aromatic heterocycles. The lowest BCUT2D eigenvalue weighted by atomic mass is 10.0. The molecule has 1 aromatic carbocycles. The Bertz CT molecular complexity index is 770. The zero-order chi connectivity index (χ0) is 15.0. The lowest BCUT2D eigenvalue weighted by Gasteiger charge is -2.30. The molecule has 0 amide bonds. The zero-order valence-electron chi connectivity index (χ0n) is 11.7. The highest BCUT2D eigenvalue weighted by Gasteiger charge is 2.31. The molecule has 21 heavy (non-hydrogen) atoms. The molecule has 1 aliphatic heterocycles. The Kier molecular flexibility index (Phi) is 3.79. The average Bonchev–Trinajstić information content (AvgIpc) is 2.97. The molecule has 0 atom stereocenters. The minimum absolute atomic E-state index is 0.243. The van der Waals surface area contributed by atoms with Gasteiger partial charge < -0.3 is 0 Å². The predicted molar refractivity (Wildman–Crippen MR) is 84.9 cm³/mol. The van der Waals surface area contributed by atoms with E-state index in [0.29, 0.717) is 13.1 Å². The molecule has 0 spiro atoms. The maximum Gasteiger partial charge on any atom is 0.267 e. The van der Waals surface area contributed by atoms with Crippen LogP contribution in [-0.4, -0.2) is 24.7 Å². The molecule has 7 heteroatoms. The van der Waals surface area contributed by atoms with E-state index in [0.717, 1.165) is 28.6 Å². The van der Waals surface area contributed by atoms with E-state index in [4.69, 9.17) is 0 Å². The number of hydrogen-bond donors (Lipinski definition) is 0. The third-order valence-electron chi connectivity index (χ3n) is 3.65. The van der Waals surface area contributed by atoms with Crippen LogP contribution in [0.25, 0.3) is 0 Å². The lowest BCUT2D eigenvalue weighted by molar-refractivity contribution is 0.586. The minimum Gasteiger partial charge on any atom is -0.272 e. The van der Waals surface area contributed by atoms with Crippen molar-refractivity contribution in [2.75, 3.05) is 10.8 Å². The Labute approximate surface area is 132 Å². The Hall–Kier alpha value is -1.34. The van der Waals surface area contributed by atoms with Crippen molar-refractivity contribution in [3.05, 3.63) is 40.6 Å². The molecule has 0 bridgehead atoms. The van der Waals surface area contributed by atoms with Gasteiger partial charge in [-0.05, 0) is 47.3 Å². The molecular weight excluding hydrogens is 354 g/mol. The summed E-state index contributed by atoms with van der Waals surface area (Å²) in [7, 11) is -3.57. The summed E-state index contributed by atoms with van der Waals surface area (Å²) in [4.78, 5) is 0.243. The van der Waals surface area contributed by atoms with Gasteiger partial charge in [-0.2, -0.15) is 5.10 Å². The van der Waals surface area contributed by atoms with Crippen molar-refractivity contribution in [2.45, 2.75) is 31.2 Å². The van der Waals surface area contributed by atoms with Crippen molar-refractivity contribution in [2.24, 2.45) is 0 Å². The van der Waals surface area contributed by atoms with Crippen LogP contribution in [0.3, 0.4) is 0 Å². The first-order valence-electron chi connectivity index (χ1n) is 6.86. The Balaban J connectivity index is 2.09. The van der Waals surface area contributed by atoms with Crippen LogP contribution in [-0.2, 0) is 23.0 Å². The summed E-state index contributed by atoms with van der Waals surface area (Å²) in [5.41, 5.74) is 1.81. The van der Waals surface area contributed by atoms with E-state index in [1.54, 1.807) is 10.9 Å². The van der Waals surface area contributed by atoms with Gasteiger partial charge >= 0.3 is 0 Å². The van der Waals surface area contributed by atoms with E-state index < -0.39 is 10.0 Å². The van der Waals surface area contributed by atoms with Crippen LogP contribution in [0.4, 0.5) is 5.69 Å². The molecular formula is C14H16BrN3O2S. The van der Waals surface area contributed by atoms with Crippen LogP contribution in [0.2, 0.25) is 0 Å². The number of aryl methyl sites for hydroxylation is 2. The third-order valence-corrected chi connectivity index (χ3v) is 6.04. The van der Waals surface area contributed by atoms with Gasteiger partial charge in [-0.3, -0.25) is 8.99 Å². The SMILES string of the molecule is CCn1cc(S(=O)(=O)N2CCCc3cccc(Br)c32)cn1. The zero-order valence-corrected chi connectivity index (χ0v) is 14.1. The average molecular weight is 370 g/mol. The number of rotatable bonds is 3. The Morgan fingerprint density at radius 3 is 2.90 bits per heavy atom. The molecule has 0 fully saturated rings. The van der Waals surface area contributed by atoms with Gasteiger partial charge in [-0.1, -0.05) is 12.1 Å².